The number of aromatic nitrogens is 4. The van der Waals surface area contributed by atoms with Gasteiger partial charge in [-0.15, -0.1) is 10.2 Å². The number of hydrogen-bond donors (Lipinski definition) is 0. The van der Waals surface area contributed by atoms with Gasteiger partial charge in [-0.05, 0) is 51.1 Å². The van der Waals surface area contributed by atoms with E-state index in [9.17, 15) is 4.39 Å². The zero-order chi connectivity index (χ0) is 19.1. The molecule has 0 saturated heterocycles. The molecule has 7 heteroatoms. The third-order valence-corrected chi connectivity index (χ3v) is 4.25. The Labute approximate surface area is 155 Å². The number of halogens is 1. The maximum Gasteiger partial charge on any atom is 0.183 e. The summed E-state index contributed by atoms with van der Waals surface area (Å²) >= 11 is 0. The molecular weight excluding hydrogens is 347 g/mol. The predicted octanol–water partition coefficient (Wildman–Crippen LogP) is 4.19. The van der Waals surface area contributed by atoms with Crippen LogP contribution in [0.25, 0.3) is 28.1 Å². The van der Waals surface area contributed by atoms with Crippen molar-refractivity contribution in [1.29, 1.82) is 0 Å². The van der Waals surface area contributed by atoms with Crippen LogP contribution in [0.15, 0.2) is 36.4 Å². The van der Waals surface area contributed by atoms with E-state index in [1.165, 1.54) is 6.07 Å². The Hall–Kier alpha value is -3.22. The van der Waals surface area contributed by atoms with Crippen LogP contribution >= 0.6 is 0 Å². The molecule has 0 radical (unpaired) electrons. The number of ether oxygens (including phenoxy) is 2. The first-order valence-electron chi connectivity index (χ1n) is 8.64. The van der Waals surface area contributed by atoms with Crippen molar-refractivity contribution in [3.8, 4) is 22.9 Å². The van der Waals surface area contributed by atoms with E-state index in [2.05, 4.69) is 15.2 Å². The second kappa shape index (κ2) is 6.50. The second-order valence-electron chi connectivity index (χ2n) is 6.54. The van der Waals surface area contributed by atoms with Gasteiger partial charge in [0.1, 0.15) is 28.7 Å². The number of benzene rings is 2. The Kier molecular flexibility index (Phi) is 4.14. The van der Waals surface area contributed by atoms with E-state index in [4.69, 9.17) is 9.47 Å². The summed E-state index contributed by atoms with van der Waals surface area (Å²) in [6, 6.07) is 10.1. The fourth-order valence-electron chi connectivity index (χ4n) is 3.06. The minimum absolute atomic E-state index is 0.0157. The van der Waals surface area contributed by atoms with Crippen LogP contribution in [0.4, 0.5) is 4.39 Å². The first-order chi connectivity index (χ1) is 13.0. The lowest BCUT2D eigenvalue weighted by Crippen LogP contribution is -2.06. The summed E-state index contributed by atoms with van der Waals surface area (Å²) in [5.74, 6) is 1.32. The van der Waals surface area contributed by atoms with Crippen LogP contribution in [-0.2, 0) is 0 Å². The van der Waals surface area contributed by atoms with E-state index in [0.717, 1.165) is 5.52 Å². The van der Waals surface area contributed by atoms with Gasteiger partial charge in [-0.25, -0.2) is 9.37 Å². The van der Waals surface area contributed by atoms with Crippen molar-refractivity contribution in [2.24, 2.45) is 0 Å². The Morgan fingerprint density at radius 3 is 2.56 bits per heavy atom. The van der Waals surface area contributed by atoms with E-state index in [1.54, 1.807) is 23.6 Å². The number of aryl methyl sites for hydroxylation is 1. The summed E-state index contributed by atoms with van der Waals surface area (Å²) in [5, 5.41) is 8.51. The van der Waals surface area contributed by atoms with Gasteiger partial charge in [0.2, 0.25) is 0 Å². The summed E-state index contributed by atoms with van der Waals surface area (Å²) in [6.07, 6.45) is -0.0157. The molecule has 0 aliphatic carbocycles. The Bertz CT molecular complexity index is 1150. The Morgan fingerprint density at radius 1 is 1.04 bits per heavy atom. The van der Waals surface area contributed by atoms with Gasteiger partial charge < -0.3 is 9.47 Å². The van der Waals surface area contributed by atoms with Crippen molar-refractivity contribution in [3.63, 3.8) is 0 Å². The highest BCUT2D eigenvalue weighted by Crippen LogP contribution is 2.31. The standard InChI is InChI=1S/C20H19FN4O2/c1-11(2)27-14-5-7-16(21)15(9-14)20-22-12(3)19-24-23-17-8-6-13(26-4)10-18(17)25(19)20/h5-11H,1-4H3. The lowest BCUT2D eigenvalue weighted by molar-refractivity contribution is 0.242. The van der Waals surface area contributed by atoms with Gasteiger partial charge in [0.25, 0.3) is 0 Å². The molecule has 138 valence electrons. The molecule has 6 nitrogen and oxygen atoms in total. The maximum absolute atomic E-state index is 14.7. The molecule has 0 fully saturated rings. The van der Waals surface area contributed by atoms with E-state index < -0.39 is 0 Å². The second-order valence-corrected chi connectivity index (χ2v) is 6.54. The van der Waals surface area contributed by atoms with Crippen molar-refractivity contribution in [3.05, 3.63) is 47.9 Å². The summed E-state index contributed by atoms with van der Waals surface area (Å²) in [6.45, 7) is 5.67. The highest BCUT2D eigenvalue weighted by Gasteiger charge is 2.19. The number of hydrogen-bond acceptors (Lipinski definition) is 5. The molecule has 2 heterocycles. The predicted molar refractivity (Wildman–Crippen MR) is 101 cm³/mol. The first-order valence-corrected chi connectivity index (χ1v) is 8.64. The summed E-state index contributed by atoms with van der Waals surface area (Å²) in [5.41, 5.74) is 2.98. The SMILES string of the molecule is COc1ccc2nnc3c(C)nc(-c4cc(OC(C)C)ccc4F)n3c2c1. The molecule has 0 atom stereocenters. The number of methoxy groups -OCH3 is 1. The van der Waals surface area contributed by atoms with Crippen molar-refractivity contribution in [1.82, 2.24) is 19.6 Å². The topological polar surface area (TPSA) is 61.5 Å². The molecule has 2 aromatic heterocycles. The highest BCUT2D eigenvalue weighted by atomic mass is 19.1. The molecule has 27 heavy (non-hydrogen) atoms. The van der Waals surface area contributed by atoms with Gasteiger partial charge in [0, 0.05) is 6.07 Å². The summed E-state index contributed by atoms with van der Waals surface area (Å²) < 4.78 is 27.6. The summed E-state index contributed by atoms with van der Waals surface area (Å²) in [7, 11) is 1.60. The van der Waals surface area contributed by atoms with Crippen molar-refractivity contribution < 1.29 is 13.9 Å². The van der Waals surface area contributed by atoms with Gasteiger partial charge in [-0.3, -0.25) is 4.40 Å². The molecule has 4 aromatic rings. The minimum Gasteiger partial charge on any atom is -0.497 e. The minimum atomic E-state index is -0.383. The van der Waals surface area contributed by atoms with Crippen molar-refractivity contribution in [2.45, 2.75) is 26.9 Å². The van der Waals surface area contributed by atoms with Gasteiger partial charge in [0.15, 0.2) is 5.65 Å². The van der Waals surface area contributed by atoms with Crippen molar-refractivity contribution in [2.75, 3.05) is 7.11 Å². The van der Waals surface area contributed by atoms with Crippen LogP contribution in [0.2, 0.25) is 0 Å². The molecule has 0 aliphatic heterocycles. The van der Waals surface area contributed by atoms with Crippen LogP contribution in [0.1, 0.15) is 19.5 Å². The Balaban J connectivity index is 2.03. The van der Waals surface area contributed by atoms with Crippen molar-refractivity contribution >= 4 is 16.7 Å². The number of rotatable bonds is 4. The zero-order valence-electron chi connectivity index (χ0n) is 15.5. The molecule has 0 unspecified atom stereocenters. The van der Waals surface area contributed by atoms with E-state index >= 15 is 0 Å². The average Bonchev–Trinajstić information content (AvgIpc) is 2.99. The third-order valence-electron chi connectivity index (χ3n) is 4.25. The smallest absolute Gasteiger partial charge is 0.183 e. The molecule has 0 N–H and O–H groups in total. The molecule has 0 aliphatic rings. The van der Waals surface area contributed by atoms with Gasteiger partial charge in [-0.2, -0.15) is 0 Å². The molecule has 4 rings (SSSR count). The molecule has 2 aromatic carbocycles. The third kappa shape index (κ3) is 2.95. The van der Waals surface area contributed by atoms with Crippen LogP contribution in [-0.4, -0.2) is 32.8 Å². The number of nitrogens with zero attached hydrogens (tertiary/aromatic N) is 4. The van der Waals surface area contributed by atoms with Gasteiger partial charge in [0.05, 0.1) is 30.0 Å². The lowest BCUT2D eigenvalue weighted by Gasteiger charge is -2.12. The molecule has 0 bridgehead atoms. The first kappa shape index (κ1) is 17.2. The lowest BCUT2D eigenvalue weighted by atomic mass is 10.2. The average molecular weight is 366 g/mol. The fourth-order valence-corrected chi connectivity index (χ4v) is 3.06. The van der Waals surface area contributed by atoms with E-state index in [0.29, 0.717) is 39.7 Å². The number of imidazole rings is 1. The zero-order valence-corrected chi connectivity index (χ0v) is 15.5. The maximum atomic E-state index is 14.7. The molecule has 0 spiro atoms. The molecule has 0 amide bonds. The largest absolute Gasteiger partial charge is 0.497 e. The highest BCUT2D eigenvalue weighted by molar-refractivity contribution is 5.82. The molecular formula is C20H19FN4O2. The molecule has 0 saturated carbocycles. The van der Waals surface area contributed by atoms with Gasteiger partial charge >= 0.3 is 0 Å². The van der Waals surface area contributed by atoms with Crippen LogP contribution in [0.3, 0.4) is 0 Å². The Morgan fingerprint density at radius 2 is 1.81 bits per heavy atom. The van der Waals surface area contributed by atoms with E-state index in [1.807, 2.05) is 39.0 Å². The quantitative estimate of drug-likeness (QED) is 0.542. The number of fused-ring (bicyclic) bond motifs is 3. The van der Waals surface area contributed by atoms with Crippen LogP contribution in [0.5, 0.6) is 11.5 Å². The van der Waals surface area contributed by atoms with Crippen LogP contribution in [0, 0.1) is 12.7 Å². The summed E-state index contributed by atoms with van der Waals surface area (Å²) in [4.78, 5) is 4.57. The monoisotopic (exact) mass is 366 g/mol. The van der Waals surface area contributed by atoms with Gasteiger partial charge in [-0.1, -0.05) is 0 Å². The fraction of sp³-hybridized carbons (Fsp3) is 0.250. The normalized spacial score (nSPS) is 11.5. The van der Waals surface area contributed by atoms with E-state index in [-0.39, 0.29) is 11.9 Å². The van der Waals surface area contributed by atoms with Crippen LogP contribution < -0.4 is 9.47 Å².